The Morgan fingerprint density at radius 2 is 1.71 bits per heavy atom. The van der Waals surface area contributed by atoms with Gasteiger partial charge in [-0.15, -0.1) is 6.42 Å². The van der Waals surface area contributed by atoms with Crippen molar-refractivity contribution in [3.63, 3.8) is 0 Å². The van der Waals surface area contributed by atoms with Crippen LogP contribution in [0.3, 0.4) is 0 Å². The Labute approximate surface area is 203 Å². The molecule has 7 nitrogen and oxygen atoms in total. The van der Waals surface area contributed by atoms with Crippen molar-refractivity contribution in [2.75, 3.05) is 12.4 Å². The molecule has 3 aromatic carbocycles. The Bertz CT molecular complexity index is 1410. The zero-order chi connectivity index (χ0) is 24.9. The highest BCUT2D eigenvalue weighted by molar-refractivity contribution is 5.94. The molecule has 0 saturated carbocycles. The third-order valence-electron chi connectivity index (χ3n) is 5.95. The van der Waals surface area contributed by atoms with E-state index in [9.17, 15) is 14.7 Å². The average Bonchev–Trinajstić information content (AvgIpc) is 3.18. The van der Waals surface area contributed by atoms with E-state index in [2.05, 4.69) is 16.2 Å². The Morgan fingerprint density at radius 3 is 2.31 bits per heavy atom. The SMILES string of the molecule is C#Cc1ccc(NC(=O)[C@H]([C@@H](C)c2ccccc2)n2c(O)c(-c3ccc(OC)cc3)[nH]c2=O)cc1. The van der Waals surface area contributed by atoms with Crippen LogP contribution in [-0.4, -0.2) is 27.7 Å². The number of amides is 1. The van der Waals surface area contributed by atoms with Gasteiger partial charge in [0, 0.05) is 22.7 Å². The van der Waals surface area contributed by atoms with E-state index >= 15 is 0 Å². The van der Waals surface area contributed by atoms with Crippen LogP contribution >= 0.6 is 0 Å². The smallest absolute Gasteiger partial charge is 0.329 e. The molecule has 0 unspecified atom stereocenters. The van der Waals surface area contributed by atoms with Crippen molar-refractivity contribution in [3.05, 3.63) is 100 Å². The molecule has 0 saturated heterocycles. The number of methoxy groups -OCH3 is 1. The number of carbonyl (C=O) groups excluding carboxylic acids is 1. The molecule has 0 fully saturated rings. The van der Waals surface area contributed by atoms with Gasteiger partial charge in [-0.3, -0.25) is 4.79 Å². The van der Waals surface area contributed by atoms with Crippen molar-refractivity contribution < 1.29 is 14.6 Å². The number of aromatic hydroxyl groups is 1. The molecule has 0 bridgehead atoms. The maximum atomic E-state index is 13.6. The zero-order valence-electron chi connectivity index (χ0n) is 19.4. The standard InChI is InChI=1S/C28H25N3O4/c1-4-19-10-14-22(15-11-19)29-26(32)25(18(2)20-8-6-5-7-9-20)31-27(33)24(30-28(31)34)21-12-16-23(35-3)17-13-21/h1,5-18,25,33H,2-3H3,(H,29,32)(H,30,34)/t18-,25-/m0/s1. The molecule has 7 heteroatoms. The molecular formula is C28H25N3O4. The van der Waals surface area contributed by atoms with Crippen LogP contribution in [0.2, 0.25) is 0 Å². The van der Waals surface area contributed by atoms with Crippen molar-refractivity contribution in [2.24, 2.45) is 0 Å². The van der Waals surface area contributed by atoms with Gasteiger partial charge in [0.2, 0.25) is 11.8 Å². The Balaban J connectivity index is 1.77. The van der Waals surface area contributed by atoms with E-state index in [0.29, 0.717) is 22.6 Å². The predicted molar refractivity (Wildman–Crippen MR) is 136 cm³/mol. The number of aromatic amines is 1. The fraction of sp³-hybridized carbons (Fsp3) is 0.143. The molecule has 35 heavy (non-hydrogen) atoms. The van der Waals surface area contributed by atoms with Crippen molar-refractivity contribution in [1.82, 2.24) is 9.55 Å². The number of nitrogens with one attached hydrogen (secondary N) is 2. The normalized spacial score (nSPS) is 12.4. The number of rotatable bonds is 7. The van der Waals surface area contributed by atoms with Crippen molar-refractivity contribution >= 4 is 11.6 Å². The fourth-order valence-electron chi connectivity index (χ4n) is 4.03. The number of imidazole rings is 1. The molecule has 0 aliphatic heterocycles. The van der Waals surface area contributed by atoms with Crippen LogP contribution in [0.5, 0.6) is 11.6 Å². The Kier molecular flexibility index (Phi) is 6.74. The van der Waals surface area contributed by atoms with Gasteiger partial charge < -0.3 is 20.1 Å². The summed E-state index contributed by atoms with van der Waals surface area (Å²) in [6, 6.07) is 22.0. The van der Waals surface area contributed by atoms with Gasteiger partial charge >= 0.3 is 5.69 Å². The number of nitrogens with zero attached hydrogens (tertiary/aromatic N) is 1. The molecule has 1 aromatic heterocycles. The first-order valence-corrected chi connectivity index (χ1v) is 11.0. The zero-order valence-corrected chi connectivity index (χ0v) is 19.4. The summed E-state index contributed by atoms with van der Waals surface area (Å²) in [4.78, 5) is 29.4. The minimum atomic E-state index is -1.04. The summed E-state index contributed by atoms with van der Waals surface area (Å²) in [6.07, 6.45) is 5.42. The lowest BCUT2D eigenvalue weighted by Crippen LogP contribution is -2.35. The molecule has 0 aliphatic carbocycles. The second-order valence-electron chi connectivity index (χ2n) is 8.08. The van der Waals surface area contributed by atoms with Gasteiger partial charge in [0.15, 0.2) is 0 Å². The van der Waals surface area contributed by atoms with Crippen molar-refractivity contribution in [3.8, 4) is 35.2 Å². The lowest BCUT2D eigenvalue weighted by atomic mass is 9.92. The lowest BCUT2D eigenvalue weighted by molar-refractivity contribution is -0.120. The van der Waals surface area contributed by atoms with E-state index in [1.54, 1.807) is 55.6 Å². The maximum Gasteiger partial charge on any atom is 0.329 e. The summed E-state index contributed by atoms with van der Waals surface area (Å²) in [5.74, 6) is 1.95. The van der Waals surface area contributed by atoms with Gasteiger partial charge in [-0.1, -0.05) is 43.2 Å². The molecule has 176 valence electrons. The summed E-state index contributed by atoms with van der Waals surface area (Å²) < 4.78 is 6.28. The second kappa shape index (κ2) is 10.1. The maximum absolute atomic E-state index is 13.6. The molecule has 0 spiro atoms. The molecule has 1 heterocycles. The third kappa shape index (κ3) is 4.82. The molecule has 0 aliphatic rings. The van der Waals surface area contributed by atoms with Gasteiger partial charge in [-0.2, -0.15) is 0 Å². The van der Waals surface area contributed by atoms with E-state index in [-0.39, 0.29) is 11.6 Å². The largest absolute Gasteiger partial charge is 0.497 e. The number of carbonyl (C=O) groups is 1. The molecule has 4 rings (SSSR count). The predicted octanol–water partition coefficient (Wildman–Crippen LogP) is 4.52. The van der Waals surface area contributed by atoms with E-state index in [0.717, 1.165) is 10.1 Å². The van der Waals surface area contributed by atoms with Crippen molar-refractivity contribution in [1.29, 1.82) is 0 Å². The van der Waals surface area contributed by atoms with E-state index in [4.69, 9.17) is 11.2 Å². The fourth-order valence-corrected chi connectivity index (χ4v) is 4.03. The highest BCUT2D eigenvalue weighted by atomic mass is 16.5. The second-order valence-corrected chi connectivity index (χ2v) is 8.08. The Hall–Kier alpha value is -4.70. The van der Waals surface area contributed by atoms with Crippen LogP contribution in [0.4, 0.5) is 5.69 Å². The molecule has 1 amide bonds. The van der Waals surface area contributed by atoms with E-state index in [1.165, 1.54) is 0 Å². The Morgan fingerprint density at radius 1 is 1.06 bits per heavy atom. The number of aromatic nitrogens is 2. The summed E-state index contributed by atoms with van der Waals surface area (Å²) >= 11 is 0. The minimum Gasteiger partial charge on any atom is -0.497 e. The molecular weight excluding hydrogens is 442 g/mol. The number of hydrogen-bond acceptors (Lipinski definition) is 4. The lowest BCUT2D eigenvalue weighted by Gasteiger charge is -2.25. The number of ether oxygens (including phenoxy) is 1. The van der Waals surface area contributed by atoms with Gasteiger partial charge in [0.05, 0.1) is 7.11 Å². The highest BCUT2D eigenvalue weighted by Crippen LogP contribution is 2.35. The van der Waals surface area contributed by atoms with Gasteiger partial charge in [-0.25, -0.2) is 9.36 Å². The van der Waals surface area contributed by atoms with Crippen LogP contribution in [0, 0.1) is 12.3 Å². The first-order chi connectivity index (χ1) is 16.9. The monoisotopic (exact) mass is 467 g/mol. The van der Waals surface area contributed by atoms with Crippen LogP contribution in [0.25, 0.3) is 11.3 Å². The first kappa shape index (κ1) is 23.5. The van der Waals surface area contributed by atoms with Crippen LogP contribution in [0.15, 0.2) is 83.7 Å². The van der Waals surface area contributed by atoms with E-state index in [1.807, 2.05) is 37.3 Å². The topological polar surface area (TPSA) is 96.3 Å². The number of benzene rings is 3. The third-order valence-corrected chi connectivity index (χ3v) is 5.95. The summed E-state index contributed by atoms with van der Waals surface area (Å²) in [5, 5.41) is 14.0. The number of terminal acetylenes is 1. The quantitative estimate of drug-likeness (QED) is 0.348. The molecule has 0 radical (unpaired) electrons. The molecule has 4 aromatic rings. The summed E-state index contributed by atoms with van der Waals surface area (Å²) in [6.45, 7) is 1.84. The first-order valence-electron chi connectivity index (χ1n) is 11.0. The van der Waals surface area contributed by atoms with Crippen LogP contribution < -0.4 is 15.7 Å². The van der Waals surface area contributed by atoms with Crippen molar-refractivity contribution in [2.45, 2.75) is 18.9 Å². The van der Waals surface area contributed by atoms with Gasteiger partial charge in [0.25, 0.3) is 0 Å². The van der Waals surface area contributed by atoms with Crippen LogP contribution in [0.1, 0.15) is 30.0 Å². The number of hydrogen-bond donors (Lipinski definition) is 3. The highest BCUT2D eigenvalue weighted by Gasteiger charge is 2.33. The van der Waals surface area contributed by atoms with E-state index < -0.39 is 23.6 Å². The summed E-state index contributed by atoms with van der Waals surface area (Å²) in [7, 11) is 1.55. The number of H-pyrrole nitrogens is 1. The molecule has 3 N–H and O–H groups in total. The average molecular weight is 468 g/mol. The van der Waals surface area contributed by atoms with Crippen LogP contribution in [-0.2, 0) is 4.79 Å². The number of anilines is 1. The minimum absolute atomic E-state index is 0.217. The summed E-state index contributed by atoms with van der Waals surface area (Å²) in [5.41, 5.74) is 2.25. The van der Waals surface area contributed by atoms with Gasteiger partial charge in [-0.05, 0) is 54.1 Å². The molecule has 2 atom stereocenters. The van der Waals surface area contributed by atoms with Gasteiger partial charge in [0.1, 0.15) is 17.5 Å².